The Morgan fingerprint density at radius 1 is 0.560 bits per heavy atom. The molecule has 0 atom stereocenters. The quantitative estimate of drug-likeness (QED) is 0.299. The van der Waals surface area contributed by atoms with E-state index in [1.54, 1.807) is 0 Å². The molecule has 4 aromatic carbocycles. The fourth-order valence-corrected chi connectivity index (χ4v) is 2.56. The molecule has 3 radical (unpaired) electrons. The average Bonchev–Trinajstić information content (AvgIpc) is 2.62. The zero-order chi connectivity index (χ0) is 14.8. The topological polar surface area (TPSA) is 0 Å². The van der Waals surface area contributed by atoms with Crippen molar-refractivity contribution in [1.29, 1.82) is 0 Å². The maximum Gasteiger partial charge on any atom is 0 e. The molecule has 0 N–H and O–H groups in total. The van der Waals surface area contributed by atoms with E-state index in [-0.39, 0.29) is 98.1 Å². The van der Waals surface area contributed by atoms with Gasteiger partial charge < -0.3 is 29.3 Å². The molecule has 0 saturated heterocycles. The summed E-state index contributed by atoms with van der Waals surface area (Å²) in [5, 5.41) is 2.32. The first kappa shape index (κ1) is 23.5. The van der Waals surface area contributed by atoms with Crippen molar-refractivity contribution in [3.63, 3.8) is 0 Å². The molecule has 0 unspecified atom stereocenters. The van der Waals surface area contributed by atoms with Crippen molar-refractivity contribution in [2.75, 3.05) is 0 Å². The van der Waals surface area contributed by atoms with Crippen molar-refractivity contribution < 1.29 is 98.1 Å². The van der Waals surface area contributed by atoms with Crippen LogP contribution in [0.3, 0.4) is 0 Å². The van der Waals surface area contributed by atoms with E-state index < -0.39 is 0 Å². The van der Waals surface area contributed by atoms with Crippen molar-refractivity contribution in [2.45, 2.75) is 0 Å². The Bertz CT molecular complexity index is 934. The van der Waals surface area contributed by atoms with Crippen LogP contribution in [0.4, 0.5) is 0 Å². The SMILES string of the molecule is [Y].[Y].[Y].[c-]1ccccc1-c1[c-]c[c-]c(-c2[c-]c3ccccc3cc2)c1. The molecule has 0 heterocycles. The molecule has 0 spiro atoms. The first-order chi connectivity index (χ1) is 10.9. The molecule has 0 bridgehead atoms. The minimum absolute atomic E-state index is 0. The average molecular weight is 543 g/mol. The van der Waals surface area contributed by atoms with E-state index in [1.807, 2.05) is 42.5 Å². The summed E-state index contributed by atoms with van der Waals surface area (Å²) in [5.41, 5.74) is 4.14. The number of hydrogen-bond acceptors (Lipinski definition) is 0. The standard InChI is InChI=1S/C22H12.3Y/c1-2-7-17(8-3-1)20-11-6-12-21(15-20)22-14-13-18-9-4-5-10-19(18)16-22;;;/h1-7,9-10,13-15H;;;/q-4;;;. The summed E-state index contributed by atoms with van der Waals surface area (Å²) < 4.78 is 0. The van der Waals surface area contributed by atoms with Gasteiger partial charge in [0.1, 0.15) is 0 Å². The molecule has 4 rings (SSSR count). The zero-order valence-electron chi connectivity index (χ0n) is 13.7. The second-order valence-electron chi connectivity index (χ2n) is 5.14. The molecule has 0 aromatic heterocycles. The molecular weight excluding hydrogens is 531 g/mol. The third kappa shape index (κ3) is 5.71. The Balaban J connectivity index is 0.00000104. The third-order valence-electron chi connectivity index (χ3n) is 3.69. The predicted molar refractivity (Wildman–Crippen MR) is 90.2 cm³/mol. The maximum absolute atomic E-state index is 3.47. The van der Waals surface area contributed by atoms with E-state index in [0.29, 0.717) is 0 Å². The van der Waals surface area contributed by atoms with Crippen LogP contribution < -0.4 is 0 Å². The first-order valence-corrected chi connectivity index (χ1v) is 7.22. The second-order valence-corrected chi connectivity index (χ2v) is 5.14. The van der Waals surface area contributed by atoms with E-state index in [4.69, 9.17) is 0 Å². The summed E-state index contributed by atoms with van der Waals surface area (Å²) in [6, 6.07) is 37.5. The van der Waals surface area contributed by atoms with E-state index in [2.05, 4.69) is 54.6 Å². The summed E-state index contributed by atoms with van der Waals surface area (Å²) in [5.74, 6) is 0. The van der Waals surface area contributed by atoms with Gasteiger partial charge in [0.05, 0.1) is 0 Å². The maximum atomic E-state index is 3.47. The summed E-state index contributed by atoms with van der Waals surface area (Å²) in [6.07, 6.45) is 0. The minimum atomic E-state index is 0. The van der Waals surface area contributed by atoms with Gasteiger partial charge in [0.2, 0.25) is 0 Å². The predicted octanol–water partition coefficient (Wildman–Crippen LogP) is 5.37. The summed E-state index contributed by atoms with van der Waals surface area (Å²) >= 11 is 0. The van der Waals surface area contributed by atoms with Crippen LogP contribution in [0.2, 0.25) is 0 Å². The summed E-state index contributed by atoms with van der Waals surface area (Å²) in [4.78, 5) is 0. The Morgan fingerprint density at radius 3 is 2.04 bits per heavy atom. The number of benzene rings is 4. The monoisotopic (exact) mass is 543 g/mol. The molecule has 0 fully saturated rings. The molecule has 0 saturated carbocycles. The van der Waals surface area contributed by atoms with Gasteiger partial charge in [0.25, 0.3) is 0 Å². The van der Waals surface area contributed by atoms with Crippen molar-refractivity contribution in [2.24, 2.45) is 0 Å². The fourth-order valence-electron chi connectivity index (χ4n) is 2.56. The van der Waals surface area contributed by atoms with Gasteiger partial charge in [0, 0.05) is 98.1 Å². The van der Waals surface area contributed by atoms with Crippen LogP contribution in [0.25, 0.3) is 33.0 Å². The molecule has 0 nitrogen and oxygen atoms in total. The van der Waals surface area contributed by atoms with Gasteiger partial charge in [0.15, 0.2) is 0 Å². The fraction of sp³-hybridized carbons (Fsp3) is 0. The van der Waals surface area contributed by atoms with Crippen LogP contribution in [0.15, 0.2) is 72.8 Å². The van der Waals surface area contributed by atoms with Crippen LogP contribution in [0.1, 0.15) is 0 Å². The van der Waals surface area contributed by atoms with E-state index in [9.17, 15) is 0 Å². The van der Waals surface area contributed by atoms with Gasteiger partial charge in [-0.05, 0) is 0 Å². The van der Waals surface area contributed by atoms with Gasteiger partial charge in [-0.15, -0.1) is 35.7 Å². The van der Waals surface area contributed by atoms with Crippen molar-refractivity contribution in [1.82, 2.24) is 0 Å². The van der Waals surface area contributed by atoms with Gasteiger partial charge in [-0.3, -0.25) is 11.6 Å². The van der Waals surface area contributed by atoms with Gasteiger partial charge in [-0.25, -0.2) is 12.1 Å². The van der Waals surface area contributed by atoms with Gasteiger partial charge in [-0.2, -0.15) is 17.7 Å². The number of fused-ring (bicyclic) bond motifs is 1. The Kier molecular flexibility index (Phi) is 10.6. The Labute approximate surface area is 224 Å². The molecule has 25 heavy (non-hydrogen) atoms. The first-order valence-electron chi connectivity index (χ1n) is 7.22. The van der Waals surface area contributed by atoms with Crippen molar-refractivity contribution in [3.8, 4) is 22.3 Å². The molecule has 0 aliphatic heterocycles. The zero-order valence-corrected chi connectivity index (χ0v) is 22.2. The van der Waals surface area contributed by atoms with Crippen LogP contribution in [0.5, 0.6) is 0 Å². The largest absolute Gasteiger partial charge is 0.366 e. The molecule has 113 valence electrons. The van der Waals surface area contributed by atoms with Crippen LogP contribution >= 0.6 is 0 Å². The molecule has 0 amide bonds. The Hall–Kier alpha value is 0.452. The van der Waals surface area contributed by atoms with Gasteiger partial charge in [-0.1, -0.05) is 23.6 Å². The number of hydrogen-bond donors (Lipinski definition) is 0. The second kappa shape index (κ2) is 11.3. The van der Waals surface area contributed by atoms with Crippen LogP contribution in [-0.2, 0) is 98.1 Å². The summed E-state index contributed by atoms with van der Waals surface area (Å²) in [7, 11) is 0. The van der Waals surface area contributed by atoms with E-state index in [1.165, 1.54) is 5.39 Å². The van der Waals surface area contributed by atoms with Crippen LogP contribution in [-0.4, -0.2) is 0 Å². The Morgan fingerprint density at radius 2 is 1.28 bits per heavy atom. The van der Waals surface area contributed by atoms with Crippen molar-refractivity contribution >= 4 is 10.8 Å². The van der Waals surface area contributed by atoms with E-state index in [0.717, 1.165) is 27.6 Å². The normalized spacial score (nSPS) is 9.44. The van der Waals surface area contributed by atoms with E-state index >= 15 is 0 Å². The molecular formula is C22H12Y3-4. The molecule has 4 aromatic rings. The minimum Gasteiger partial charge on any atom is -0.366 e. The smallest absolute Gasteiger partial charge is 0 e. The van der Waals surface area contributed by atoms with Gasteiger partial charge >= 0.3 is 0 Å². The molecule has 0 aliphatic rings. The third-order valence-corrected chi connectivity index (χ3v) is 3.69. The number of rotatable bonds is 2. The van der Waals surface area contributed by atoms with Crippen molar-refractivity contribution in [3.05, 3.63) is 97.1 Å². The molecule has 3 heteroatoms. The summed E-state index contributed by atoms with van der Waals surface area (Å²) in [6.45, 7) is 0. The van der Waals surface area contributed by atoms with Crippen LogP contribution in [0, 0.1) is 24.3 Å². The molecule has 0 aliphatic carbocycles.